The third kappa shape index (κ3) is 3.32. The Morgan fingerprint density at radius 2 is 1.87 bits per heavy atom. The van der Waals surface area contributed by atoms with Crippen molar-refractivity contribution in [2.45, 2.75) is 38.6 Å². The topological polar surface area (TPSA) is 67.9 Å². The maximum absolute atomic E-state index is 13.2. The van der Waals surface area contributed by atoms with Crippen molar-refractivity contribution in [3.05, 3.63) is 59.3 Å². The number of anilines is 2. The summed E-state index contributed by atoms with van der Waals surface area (Å²) in [6.45, 7) is 1.84. The van der Waals surface area contributed by atoms with Gasteiger partial charge in [-0.25, -0.2) is 0 Å². The van der Waals surface area contributed by atoms with E-state index in [4.69, 9.17) is 9.47 Å². The number of hydrogen-bond donors (Lipinski definition) is 1. The molecule has 1 N–H and O–H groups in total. The second kappa shape index (κ2) is 8.22. The Morgan fingerprint density at radius 1 is 1.10 bits per heavy atom. The van der Waals surface area contributed by atoms with E-state index in [1.165, 1.54) is 0 Å². The summed E-state index contributed by atoms with van der Waals surface area (Å²) in [5.74, 6) is 1.20. The van der Waals surface area contributed by atoms with Crippen LogP contribution in [0, 0.1) is 0 Å². The van der Waals surface area contributed by atoms with E-state index in [0.29, 0.717) is 29.9 Å². The molecule has 0 bridgehead atoms. The Bertz CT molecular complexity index is 1030. The Labute approximate surface area is 176 Å². The second-order valence-corrected chi connectivity index (χ2v) is 7.45. The Balaban J connectivity index is 1.99. The molecule has 1 atom stereocenters. The quantitative estimate of drug-likeness (QED) is 0.802. The number of carbonyl (C=O) groups is 2. The molecule has 2 aromatic rings. The summed E-state index contributed by atoms with van der Waals surface area (Å²) in [7, 11) is 3.17. The number of nitrogens with one attached hydrogen (secondary N) is 1. The van der Waals surface area contributed by atoms with Crippen molar-refractivity contribution in [3.63, 3.8) is 0 Å². The predicted molar refractivity (Wildman–Crippen MR) is 116 cm³/mol. The van der Waals surface area contributed by atoms with Crippen LogP contribution in [0.3, 0.4) is 0 Å². The number of benzene rings is 2. The van der Waals surface area contributed by atoms with E-state index in [2.05, 4.69) is 5.32 Å². The largest absolute Gasteiger partial charge is 0.493 e. The van der Waals surface area contributed by atoms with Crippen LogP contribution >= 0.6 is 0 Å². The van der Waals surface area contributed by atoms with Crippen molar-refractivity contribution in [1.82, 2.24) is 0 Å². The lowest BCUT2D eigenvalue weighted by molar-refractivity contribution is -0.118. The van der Waals surface area contributed by atoms with E-state index in [0.717, 1.165) is 35.5 Å². The number of amides is 1. The van der Waals surface area contributed by atoms with E-state index < -0.39 is 6.04 Å². The molecule has 2 aromatic carbocycles. The van der Waals surface area contributed by atoms with Crippen LogP contribution in [0.5, 0.6) is 11.5 Å². The fraction of sp³-hybridized carbons (Fsp3) is 0.333. The van der Waals surface area contributed by atoms with Crippen LogP contribution in [0.2, 0.25) is 0 Å². The number of allylic oxidation sites excluding steroid dienone is 1. The molecule has 4 rings (SSSR count). The predicted octanol–water partition coefficient (Wildman–Crippen LogP) is 4.62. The van der Waals surface area contributed by atoms with Gasteiger partial charge in [-0.2, -0.15) is 0 Å². The summed E-state index contributed by atoms with van der Waals surface area (Å²) in [6, 6.07) is 12.8. The molecule has 1 heterocycles. The van der Waals surface area contributed by atoms with Gasteiger partial charge >= 0.3 is 0 Å². The summed E-state index contributed by atoms with van der Waals surface area (Å²) in [4.78, 5) is 28.2. The summed E-state index contributed by atoms with van der Waals surface area (Å²) < 4.78 is 10.9. The van der Waals surface area contributed by atoms with Crippen LogP contribution in [0.1, 0.15) is 44.2 Å². The van der Waals surface area contributed by atoms with Gasteiger partial charge in [-0.05, 0) is 42.7 Å². The van der Waals surface area contributed by atoms with Gasteiger partial charge in [-0.3, -0.25) is 14.5 Å². The lowest BCUT2D eigenvalue weighted by Crippen LogP contribution is -2.37. The number of fused-ring (bicyclic) bond motifs is 1. The van der Waals surface area contributed by atoms with E-state index in [9.17, 15) is 9.59 Å². The average Bonchev–Trinajstić information content (AvgIpc) is 2.93. The SMILES string of the molecule is CCC(=O)N1c2ccccc2NC2=C(C(=O)CCC2)[C@@H]1c1ccc(OC)c(OC)c1. The number of methoxy groups -OCH3 is 2. The monoisotopic (exact) mass is 406 g/mol. The highest BCUT2D eigenvalue weighted by Gasteiger charge is 2.39. The first-order valence-corrected chi connectivity index (χ1v) is 10.2. The molecule has 0 fully saturated rings. The van der Waals surface area contributed by atoms with E-state index in [1.807, 2.05) is 49.4 Å². The minimum Gasteiger partial charge on any atom is -0.493 e. The molecule has 2 aliphatic rings. The molecular weight excluding hydrogens is 380 g/mol. The molecule has 30 heavy (non-hydrogen) atoms. The van der Waals surface area contributed by atoms with Gasteiger partial charge in [0, 0.05) is 24.1 Å². The number of ether oxygens (including phenoxy) is 2. The highest BCUT2D eigenvalue weighted by Crippen LogP contribution is 2.46. The third-order valence-corrected chi connectivity index (χ3v) is 5.73. The van der Waals surface area contributed by atoms with Crippen LogP contribution < -0.4 is 19.7 Å². The number of nitrogens with zero attached hydrogens (tertiary/aromatic N) is 1. The Morgan fingerprint density at radius 3 is 2.60 bits per heavy atom. The molecule has 0 saturated heterocycles. The lowest BCUT2D eigenvalue weighted by atomic mass is 9.85. The zero-order valence-electron chi connectivity index (χ0n) is 17.5. The highest BCUT2D eigenvalue weighted by molar-refractivity contribution is 6.06. The average molecular weight is 406 g/mol. The summed E-state index contributed by atoms with van der Waals surface area (Å²) in [5.41, 5.74) is 3.97. The Kier molecular flexibility index (Phi) is 5.48. The first kappa shape index (κ1) is 20.0. The zero-order chi connectivity index (χ0) is 21.3. The van der Waals surface area contributed by atoms with Crippen LogP contribution in [-0.2, 0) is 9.59 Å². The minimum absolute atomic E-state index is 0.0452. The fourth-order valence-electron chi connectivity index (χ4n) is 4.32. The van der Waals surface area contributed by atoms with Gasteiger partial charge in [-0.15, -0.1) is 0 Å². The van der Waals surface area contributed by atoms with Crippen molar-refractivity contribution in [2.75, 3.05) is 24.4 Å². The number of carbonyl (C=O) groups excluding carboxylic acids is 2. The van der Waals surface area contributed by atoms with Gasteiger partial charge in [0.1, 0.15) is 0 Å². The summed E-state index contributed by atoms with van der Waals surface area (Å²) >= 11 is 0. The number of Topliss-reactive ketones (excluding diaryl/α,β-unsaturated/α-hetero) is 1. The smallest absolute Gasteiger partial charge is 0.227 e. The molecule has 6 nitrogen and oxygen atoms in total. The van der Waals surface area contributed by atoms with Gasteiger partial charge in [0.15, 0.2) is 17.3 Å². The molecule has 0 spiro atoms. The molecule has 156 valence electrons. The molecule has 0 unspecified atom stereocenters. The van der Waals surface area contributed by atoms with Gasteiger partial charge in [0.25, 0.3) is 0 Å². The standard InChI is InChI=1S/C24H26N2O4/c1-4-22(28)26-18-10-6-5-8-16(18)25-17-9-7-11-19(27)23(17)24(26)15-12-13-20(29-2)21(14-15)30-3/h5-6,8,10,12-14,24-25H,4,7,9,11H2,1-3H3/t24-/m0/s1. The van der Waals surface area contributed by atoms with Crippen molar-refractivity contribution < 1.29 is 19.1 Å². The van der Waals surface area contributed by atoms with Crippen molar-refractivity contribution in [2.24, 2.45) is 0 Å². The number of rotatable bonds is 4. The highest BCUT2D eigenvalue weighted by atomic mass is 16.5. The molecule has 0 radical (unpaired) electrons. The van der Waals surface area contributed by atoms with Gasteiger partial charge in [0.2, 0.25) is 5.91 Å². The van der Waals surface area contributed by atoms with Crippen LogP contribution in [0.15, 0.2) is 53.7 Å². The molecule has 1 amide bonds. The van der Waals surface area contributed by atoms with Crippen LogP contribution in [0.25, 0.3) is 0 Å². The van der Waals surface area contributed by atoms with Gasteiger partial charge < -0.3 is 14.8 Å². The summed E-state index contributed by atoms with van der Waals surface area (Å²) in [5, 5.41) is 3.46. The van der Waals surface area contributed by atoms with E-state index in [-0.39, 0.29) is 11.7 Å². The number of hydrogen-bond acceptors (Lipinski definition) is 5. The minimum atomic E-state index is -0.531. The van der Waals surface area contributed by atoms with Crippen LogP contribution in [-0.4, -0.2) is 25.9 Å². The molecule has 0 saturated carbocycles. The van der Waals surface area contributed by atoms with E-state index in [1.54, 1.807) is 19.1 Å². The zero-order valence-corrected chi connectivity index (χ0v) is 17.5. The van der Waals surface area contributed by atoms with Gasteiger partial charge in [0.05, 0.1) is 31.6 Å². The molecule has 0 aromatic heterocycles. The number of para-hydroxylation sites is 2. The maximum atomic E-state index is 13.2. The van der Waals surface area contributed by atoms with Crippen molar-refractivity contribution in [3.8, 4) is 11.5 Å². The fourth-order valence-corrected chi connectivity index (χ4v) is 4.32. The van der Waals surface area contributed by atoms with Gasteiger partial charge in [-0.1, -0.05) is 25.1 Å². The van der Waals surface area contributed by atoms with Crippen molar-refractivity contribution >= 4 is 23.1 Å². The molecule has 6 heteroatoms. The van der Waals surface area contributed by atoms with E-state index >= 15 is 0 Å². The summed E-state index contributed by atoms with van der Waals surface area (Å²) in [6.07, 6.45) is 2.38. The normalized spacial score (nSPS) is 18.2. The molecule has 1 aliphatic carbocycles. The second-order valence-electron chi connectivity index (χ2n) is 7.45. The lowest BCUT2D eigenvalue weighted by Gasteiger charge is -2.34. The third-order valence-electron chi connectivity index (χ3n) is 5.73. The van der Waals surface area contributed by atoms with Crippen LogP contribution in [0.4, 0.5) is 11.4 Å². The maximum Gasteiger partial charge on any atom is 0.227 e. The molecule has 1 aliphatic heterocycles. The molecular formula is C24H26N2O4. The first-order valence-electron chi connectivity index (χ1n) is 10.2. The number of ketones is 1. The van der Waals surface area contributed by atoms with Crippen molar-refractivity contribution in [1.29, 1.82) is 0 Å². The Hall–Kier alpha value is -3.28. The first-order chi connectivity index (χ1) is 14.6.